The maximum absolute atomic E-state index is 12.8. The maximum Gasteiger partial charge on any atom is 0.264 e. The Balaban J connectivity index is 2.02. The highest BCUT2D eigenvalue weighted by atomic mass is 32.2. The van der Waals surface area contributed by atoms with Crippen LogP contribution in [0.1, 0.15) is 11.1 Å². The minimum atomic E-state index is -3.58. The molecule has 0 saturated heterocycles. The highest BCUT2D eigenvalue weighted by Gasteiger charge is 2.21. The Labute approximate surface area is 143 Å². The van der Waals surface area contributed by atoms with Crippen molar-refractivity contribution in [1.29, 1.82) is 0 Å². The summed E-state index contributed by atoms with van der Waals surface area (Å²) in [7, 11) is -2.00. The molecule has 0 bridgehead atoms. The third kappa shape index (κ3) is 2.95. The molecule has 0 spiro atoms. The number of aryl methyl sites for hydroxylation is 2. The first-order valence-corrected chi connectivity index (χ1v) is 9.13. The highest BCUT2D eigenvalue weighted by molar-refractivity contribution is 7.92. The first-order valence-electron chi connectivity index (χ1n) is 7.69. The van der Waals surface area contributed by atoms with Crippen LogP contribution in [-0.2, 0) is 10.0 Å². The van der Waals surface area contributed by atoms with Gasteiger partial charge in [-0.15, -0.1) is 0 Å². The summed E-state index contributed by atoms with van der Waals surface area (Å²) < 4.78 is 29.0. The minimum Gasteiger partial charge on any atom is -0.324 e. The van der Waals surface area contributed by atoms with Crippen molar-refractivity contribution in [3.63, 3.8) is 0 Å². The van der Waals surface area contributed by atoms with Gasteiger partial charge in [0.25, 0.3) is 10.0 Å². The molecule has 0 aliphatic rings. The molecule has 0 saturated carbocycles. The third-order valence-electron chi connectivity index (χ3n) is 4.12. The van der Waals surface area contributed by atoms with Crippen LogP contribution in [0, 0.1) is 13.8 Å². The van der Waals surface area contributed by atoms with Crippen molar-refractivity contribution in [2.75, 3.05) is 11.4 Å². The fraction of sp³-hybridized carbons (Fsp3) is 0.158. The van der Waals surface area contributed by atoms with E-state index in [0.29, 0.717) is 10.6 Å². The molecule has 1 aromatic heterocycles. The first kappa shape index (κ1) is 16.3. The fourth-order valence-electron chi connectivity index (χ4n) is 2.57. The van der Waals surface area contributed by atoms with E-state index in [9.17, 15) is 8.42 Å². The summed E-state index contributed by atoms with van der Waals surface area (Å²) in [6.07, 6.45) is 3.89. The van der Waals surface area contributed by atoms with Gasteiger partial charge in [-0.1, -0.05) is 23.8 Å². The van der Waals surface area contributed by atoms with Gasteiger partial charge in [-0.3, -0.25) is 4.31 Å². The molecule has 124 valence electrons. The lowest BCUT2D eigenvalue weighted by Gasteiger charge is -2.21. The van der Waals surface area contributed by atoms with Gasteiger partial charge in [0.05, 0.1) is 10.6 Å². The van der Waals surface area contributed by atoms with Crippen molar-refractivity contribution in [2.45, 2.75) is 18.7 Å². The summed E-state index contributed by atoms with van der Waals surface area (Å²) in [6.45, 7) is 3.94. The van der Waals surface area contributed by atoms with Crippen molar-refractivity contribution in [2.24, 2.45) is 0 Å². The predicted molar refractivity (Wildman–Crippen MR) is 97.3 cm³/mol. The number of sulfonamides is 1. The van der Waals surface area contributed by atoms with Crippen LogP contribution in [-0.4, -0.2) is 20.0 Å². The second-order valence-electron chi connectivity index (χ2n) is 5.85. The van der Waals surface area contributed by atoms with Crippen molar-refractivity contribution < 1.29 is 8.42 Å². The molecule has 2 aromatic carbocycles. The van der Waals surface area contributed by atoms with Crippen LogP contribution in [0.25, 0.3) is 5.69 Å². The zero-order valence-electron chi connectivity index (χ0n) is 14.0. The first-order chi connectivity index (χ1) is 11.4. The predicted octanol–water partition coefficient (Wildman–Crippen LogP) is 3.92. The van der Waals surface area contributed by atoms with Crippen LogP contribution in [0.3, 0.4) is 0 Å². The van der Waals surface area contributed by atoms with Crippen LogP contribution < -0.4 is 4.31 Å². The van der Waals surface area contributed by atoms with Crippen molar-refractivity contribution >= 4 is 15.7 Å². The van der Waals surface area contributed by atoms with E-state index in [2.05, 4.69) is 0 Å². The van der Waals surface area contributed by atoms with Crippen LogP contribution in [0.5, 0.6) is 0 Å². The summed E-state index contributed by atoms with van der Waals surface area (Å²) in [6, 6.07) is 16.4. The molecule has 0 unspecified atom stereocenters. The van der Waals surface area contributed by atoms with E-state index in [1.807, 2.05) is 61.1 Å². The third-order valence-corrected chi connectivity index (χ3v) is 5.92. The van der Waals surface area contributed by atoms with Gasteiger partial charge >= 0.3 is 0 Å². The molecule has 3 rings (SSSR count). The van der Waals surface area contributed by atoms with Gasteiger partial charge in [-0.05, 0) is 55.8 Å². The molecule has 24 heavy (non-hydrogen) atoms. The summed E-state index contributed by atoms with van der Waals surface area (Å²) in [5.41, 5.74) is 3.70. The average molecular weight is 340 g/mol. The van der Waals surface area contributed by atoms with Gasteiger partial charge in [0, 0.05) is 25.1 Å². The fourth-order valence-corrected chi connectivity index (χ4v) is 3.76. The van der Waals surface area contributed by atoms with Gasteiger partial charge in [-0.2, -0.15) is 0 Å². The average Bonchev–Trinajstić information content (AvgIpc) is 3.09. The lowest BCUT2D eigenvalue weighted by Crippen LogP contribution is -2.26. The highest BCUT2D eigenvalue weighted by Crippen LogP contribution is 2.26. The minimum absolute atomic E-state index is 0.290. The number of rotatable bonds is 4. The molecule has 0 N–H and O–H groups in total. The Kier molecular flexibility index (Phi) is 4.20. The Morgan fingerprint density at radius 1 is 0.917 bits per heavy atom. The van der Waals surface area contributed by atoms with Crippen molar-refractivity contribution in [1.82, 2.24) is 4.57 Å². The zero-order valence-corrected chi connectivity index (χ0v) is 14.8. The molecule has 0 radical (unpaired) electrons. The lowest BCUT2D eigenvalue weighted by atomic mass is 10.2. The van der Waals surface area contributed by atoms with Gasteiger partial charge in [-0.25, -0.2) is 8.42 Å². The van der Waals surface area contributed by atoms with E-state index in [1.165, 1.54) is 4.31 Å². The van der Waals surface area contributed by atoms with Gasteiger partial charge in [0.1, 0.15) is 0 Å². The molecule has 1 heterocycles. The Morgan fingerprint density at radius 3 is 2.17 bits per heavy atom. The monoisotopic (exact) mass is 340 g/mol. The molecule has 0 amide bonds. The number of anilines is 1. The number of hydrogen-bond donors (Lipinski definition) is 0. The van der Waals surface area contributed by atoms with Crippen LogP contribution in [0.15, 0.2) is 71.9 Å². The van der Waals surface area contributed by atoms with Crippen LogP contribution in [0.2, 0.25) is 0 Å². The molecule has 0 aliphatic carbocycles. The summed E-state index contributed by atoms with van der Waals surface area (Å²) >= 11 is 0. The SMILES string of the molecule is Cc1ccc(S(=O)(=O)N(C)c2ccc(C)c(-n3cccc3)c2)cc1. The van der Waals surface area contributed by atoms with E-state index in [1.54, 1.807) is 31.3 Å². The second-order valence-corrected chi connectivity index (χ2v) is 7.82. The van der Waals surface area contributed by atoms with Crippen molar-refractivity contribution in [3.05, 3.63) is 78.1 Å². The summed E-state index contributed by atoms with van der Waals surface area (Å²) in [5, 5.41) is 0. The molecule has 5 heteroatoms. The van der Waals surface area contributed by atoms with E-state index in [0.717, 1.165) is 16.8 Å². The standard InChI is InChI=1S/C19H20N2O2S/c1-15-6-10-18(11-7-15)24(22,23)20(3)17-9-8-16(2)19(14-17)21-12-4-5-13-21/h4-14H,1-3H3. The Hall–Kier alpha value is -2.53. The van der Waals surface area contributed by atoms with Gasteiger partial charge in [0.2, 0.25) is 0 Å². The topological polar surface area (TPSA) is 42.3 Å². The molecule has 0 fully saturated rings. The molecule has 3 aromatic rings. The smallest absolute Gasteiger partial charge is 0.264 e. The van der Waals surface area contributed by atoms with E-state index in [-0.39, 0.29) is 0 Å². The van der Waals surface area contributed by atoms with E-state index < -0.39 is 10.0 Å². The Bertz CT molecular complexity index is 944. The van der Waals surface area contributed by atoms with E-state index >= 15 is 0 Å². The summed E-state index contributed by atoms with van der Waals surface area (Å²) in [5.74, 6) is 0. The normalized spacial score (nSPS) is 11.5. The van der Waals surface area contributed by atoms with Crippen molar-refractivity contribution in [3.8, 4) is 5.69 Å². The Morgan fingerprint density at radius 2 is 1.54 bits per heavy atom. The molecule has 0 aliphatic heterocycles. The van der Waals surface area contributed by atoms with Crippen LogP contribution >= 0.6 is 0 Å². The maximum atomic E-state index is 12.8. The lowest BCUT2D eigenvalue weighted by molar-refractivity contribution is 0.594. The molecular weight excluding hydrogens is 320 g/mol. The molecule has 0 atom stereocenters. The second kappa shape index (κ2) is 6.17. The molecular formula is C19H20N2O2S. The number of benzene rings is 2. The molecule has 4 nitrogen and oxygen atoms in total. The number of aromatic nitrogens is 1. The quantitative estimate of drug-likeness (QED) is 0.722. The van der Waals surface area contributed by atoms with Gasteiger partial charge < -0.3 is 4.57 Å². The van der Waals surface area contributed by atoms with E-state index in [4.69, 9.17) is 0 Å². The van der Waals surface area contributed by atoms with Crippen LogP contribution in [0.4, 0.5) is 5.69 Å². The zero-order chi connectivity index (χ0) is 17.3. The largest absolute Gasteiger partial charge is 0.324 e. The van der Waals surface area contributed by atoms with Gasteiger partial charge in [0.15, 0.2) is 0 Å². The number of nitrogens with zero attached hydrogens (tertiary/aromatic N) is 2. The number of hydrogen-bond acceptors (Lipinski definition) is 2. The summed E-state index contributed by atoms with van der Waals surface area (Å²) in [4.78, 5) is 0.290.